The Morgan fingerprint density at radius 2 is 1.76 bits per heavy atom. The van der Waals surface area contributed by atoms with Gasteiger partial charge in [-0.25, -0.2) is 0 Å². The van der Waals surface area contributed by atoms with Crippen LogP contribution in [0.25, 0.3) is 0 Å². The number of nitrogens with one attached hydrogen (secondary N) is 1. The molecule has 0 bridgehead atoms. The fraction of sp³-hybridized carbons (Fsp3) is 0.667. The summed E-state index contributed by atoms with van der Waals surface area (Å²) >= 11 is 0. The molecule has 3 nitrogen and oxygen atoms in total. The molecule has 1 N–H and O–H groups in total. The molecular formula is C18H32N2O. The van der Waals surface area contributed by atoms with Crippen molar-refractivity contribution in [2.45, 2.75) is 46.1 Å². The van der Waals surface area contributed by atoms with Crippen molar-refractivity contribution >= 4 is 5.69 Å². The molecule has 120 valence electrons. The summed E-state index contributed by atoms with van der Waals surface area (Å²) in [7, 11) is 4.11. The van der Waals surface area contributed by atoms with Crippen LogP contribution in [0, 0.1) is 5.92 Å². The van der Waals surface area contributed by atoms with E-state index >= 15 is 0 Å². The van der Waals surface area contributed by atoms with E-state index < -0.39 is 0 Å². The van der Waals surface area contributed by atoms with Crippen LogP contribution in [0.4, 0.5) is 5.69 Å². The van der Waals surface area contributed by atoms with Crippen molar-refractivity contribution in [3.63, 3.8) is 0 Å². The molecule has 0 saturated heterocycles. The van der Waals surface area contributed by atoms with E-state index in [0.717, 1.165) is 31.2 Å². The summed E-state index contributed by atoms with van der Waals surface area (Å²) < 4.78 is 5.72. The summed E-state index contributed by atoms with van der Waals surface area (Å²) in [5.41, 5.74) is 1.19. The Hall–Kier alpha value is -1.22. The number of hydrogen-bond acceptors (Lipinski definition) is 3. The molecule has 0 fully saturated rings. The Labute approximate surface area is 130 Å². The van der Waals surface area contributed by atoms with Gasteiger partial charge in [0.2, 0.25) is 0 Å². The van der Waals surface area contributed by atoms with Crippen molar-refractivity contribution in [2.24, 2.45) is 5.92 Å². The Kier molecular flexibility index (Phi) is 8.21. The van der Waals surface area contributed by atoms with Crippen LogP contribution in [0.5, 0.6) is 5.75 Å². The van der Waals surface area contributed by atoms with Gasteiger partial charge in [0.15, 0.2) is 0 Å². The zero-order chi connectivity index (χ0) is 15.7. The van der Waals surface area contributed by atoms with E-state index in [1.807, 2.05) is 12.1 Å². The lowest BCUT2D eigenvalue weighted by Gasteiger charge is -2.21. The van der Waals surface area contributed by atoms with Crippen molar-refractivity contribution in [1.82, 2.24) is 4.90 Å². The van der Waals surface area contributed by atoms with Crippen LogP contribution in [0.1, 0.15) is 40.0 Å². The SMILES string of the molecule is CCC(C)CC(CC)Nc1ccc(OCCN(C)C)cc1. The van der Waals surface area contributed by atoms with E-state index in [2.05, 4.69) is 57.2 Å². The van der Waals surface area contributed by atoms with Gasteiger partial charge in [-0.15, -0.1) is 0 Å². The summed E-state index contributed by atoms with van der Waals surface area (Å²) in [6.45, 7) is 8.50. The summed E-state index contributed by atoms with van der Waals surface area (Å²) in [5, 5.41) is 3.63. The minimum absolute atomic E-state index is 0.556. The molecule has 0 amide bonds. The van der Waals surface area contributed by atoms with Gasteiger partial charge in [0, 0.05) is 18.3 Å². The molecule has 3 heteroatoms. The van der Waals surface area contributed by atoms with Gasteiger partial charge in [0.05, 0.1) is 0 Å². The minimum atomic E-state index is 0.556. The van der Waals surface area contributed by atoms with Crippen LogP contribution in [0.2, 0.25) is 0 Å². The Bertz CT molecular complexity index is 375. The molecule has 21 heavy (non-hydrogen) atoms. The quantitative estimate of drug-likeness (QED) is 0.697. The van der Waals surface area contributed by atoms with Gasteiger partial charge in [-0.3, -0.25) is 0 Å². The third kappa shape index (κ3) is 7.37. The highest BCUT2D eigenvalue weighted by Gasteiger charge is 2.10. The number of ether oxygens (including phenoxy) is 1. The fourth-order valence-corrected chi connectivity index (χ4v) is 2.21. The maximum atomic E-state index is 5.72. The average Bonchev–Trinajstić information content (AvgIpc) is 2.47. The van der Waals surface area contributed by atoms with Gasteiger partial charge < -0.3 is 15.0 Å². The third-order valence-electron chi connectivity index (χ3n) is 3.91. The lowest BCUT2D eigenvalue weighted by molar-refractivity contribution is 0.261. The van der Waals surface area contributed by atoms with Gasteiger partial charge >= 0.3 is 0 Å². The summed E-state index contributed by atoms with van der Waals surface area (Å²) in [6, 6.07) is 8.89. The third-order valence-corrected chi connectivity index (χ3v) is 3.91. The normalized spacial score (nSPS) is 14.0. The van der Waals surface area contributed by atoms with E-state index in [0.29, 0.717) is 6.04 Å². The first-order valence-electron chi connectivity index (χ1n) is 8.19. The molecule has 0 aliphatic rings. The standard InChI is InChI=1S/C18H32N2O/c1-6-15(3)14-16(7-2)19-17-8-10-18(11-9-17)21-13-12-20(4)5/h8-11,15-16,19H,6-7,12-14H2,1-5H3. The highest BCUT2D eigenvalue weighted by molar-refractivity contribution is 5.47. The fourth-order valence-electron chi connectivity index (χ4n) is 2.21. The summed E-state index contributed by atoms with van der Waals surface area (Å²) in [4.78, 5) is 2.12. The predicted molar refractivity (Wildman–Crippen MR) is 92.3 cm³/mol. The summed E-state index contributed by atoms with van der Waals surface area (Å²) in [6.07, 6.45) is 3.64. The Morgan fingerprint density at radius 1 is 1.10 bits per heavy atom. The van der Waals surface area contributed by atoms with E-state index in [-0.39, 0.29) is 0 Å². The first-order chi connectivity index (χ1) is 10.0. The molecular weight excluding hydrogens is 260 g/mol. The number of hydrogen-bond donors (Lipinski definition) is 1. The number of likely N-dealkylation sites (N-methyl/N-ethyl adjacent to an activating group) is 1. The lowest BCUT2D eigenvalue weighted by Crippen LogP contribution is -2.21. The maximum absolute atomic E-state index is 5.72. The highest BCUT2D eigenvalue weighted by atomic mass is 16.5. The molecule has 0 aliphatic heterocycles. The van der Waals surface area contributed by atoms with Crippen molar-refractivity contribution in [3.8, 4) is 5.75 Å². The summed E-state index contributed by atoms with van der Waals surface area (Å²) in [5.74, 6) is 1.72. The van der Waals surface area contributed by atoms with Crippen LogP contribution in [0.15, 0.2) is 24.3 Å². The molecule has 0 heterocycles. The molecule has 1 aromatic rings. The van der Waals surface area contributed by atoms with E-state index in [4.69, 9.17) is 4.74 Å². The molecule has 0 aromatic heterocycles. The first-order valence-corrected chi connectivity index (χ1v) is 8.19. The molecule has 0 spiro atoms. The lowest BCUT2D eigenvalue weighted by atomic mass is 9.97. The van der Waals surface area contributed by atoms with E-state index in [1.54, 1.807) is 0 Å². The smallest absolute Gasteiger partial charge is 0.119 e. The minimum Gasteiger partial charge on any atom is -0.492 e. The van der Waals surface area contributed by atoms with Gasteiger partial charge in [0.1, 0.15) is 12.4 Å². The number of rotatable bonds is 10. The Morgan fingerprint density at radius 3 is 2.29 bits per heavy atom. The highest BCUT2D eigenvalue weighted by Crippen LogP contribution is 2.20. The molecule has 0 radical (unpaired) electrons. The second-order valence-electron chi connectivity index (χ2n) is 6.17. The van der Waals surface area contributed by atoms with Gasteiger partial charge in [0.25, 0.3) is 0 Å². The molecule has 2 unspecified atom stereocenters. The number of nitrogens with zero attached hydrogens (tertiary/aromatic N) is 1. The second kappa shape index (κ2) is 9.67. The molecule has 0 aliphatic carbocycles. The van der Waals surface area contributed by atoms with Crippen LogP contribution in [0.3, 0.4) is 0 Å². The van der Waals surface area contributed by atoms with Crippen molar-refractivity contribution in [1.29, 1.82) is 0 Å². The monoisotopic (exact) mass is 292 g/mol. The first kappa shape index (κ1) is 17.8. The number of benzene rings is 1. The van der Waals surface area contributed by atoms with Crippen LogP contribution >= 0.6 is 0 Å². The van der Waals surface area contributed by atoms with Crippen molar-refractivity contribution in [2.75, 3.05) is 32.6 Å². The van der Waals surface area contributed by atoms with E-state index in [9.17, 15) is 0 Å². The van der Waals surface area contributed by atoms with Crippen LogP contribution in [-0.2, 0) is 0 Å². The average molecular weight is 292 g/mol. The molecule has 0 saturated carbocycles. The molecule has 1 aromatic carbocycles. The molecule has 2 atom stereocenters. The zero-order valence-electron chi connectivity index (χ0n) is 14.4. The van der Waals surface area contributed by atoms with Gasteiger partial charge in [-0.2, -0.15) is 0 Å². The largest absolute Gasteiger partial charge is 0.492 e. The molecule has 1 rings (SSSR count). The van der Waals surface area contributed by atoms with Crippen molar-refractivity contribution < 1.29 is 4.74 Å². The second-order valence-corrected chi connectivity index (χ2v) is 6.17. The van der Waals surface area contributed by atoms with Crippen molar-refractivity contribution in [3.05, 3.63) is 24.3 Å². The van der Waals surface area contributed by atoms with Gasteiger partial charge in [-0.05, 0) is 57.1 Å². The zero-order valence-corrected chi connectivity index (χ0v) is 14.4. The van der Waals surface area contributed by atoms with E-state index in [1.165, 1.54) is 18.5 Å². The van der Waals surface area contributed by atoms with Crippen LogP contribution < -0.4 is 10.1 Å². The topological polar surface area (TPSA) is 24.5 Å². The predicted octanol–water partition coefficient (Wildman–Crippen LogP) is 4.25. The maximum Gasteiger partial charge on any atom is 0.119 e. The van der Waals surface area contributed by atoms with Crippen LogP contribution in [-0.4, -0.2) is 38.2 Å². The van der Waals surface area contributed by atoms with Gasteiger partial charge in [-0.1, -0.05) is 27.2 Å². The Balaban J connectivity index is 2.45. The number of anilines is 1.